The van der Waals surface area contributed by atoms with E-state index in [9.17, 15) is 0 Å². The van der Waals surface area contributed by atoms with Crippen LogP contribution in [-0.2, 0) is 13.0 Å². The van der Waals surface area contributed by atoms with E-state index >= 15 is 0 Å². The number of aryl methyl sites for hydroxylation is 2. The number of hydrogen-bond donors (Lipinski definition) is 1. The van der Waals surface area contributed by atoms with Gasteiger partial charge in [0.2, 0.25) is 0 Å². The van der Waals surface area contributed by atoms with Crippen molar-refractivity contribution < 1.29 is 0 Å². The molecule has 1 aromatic carbocycles. The number of nitrogens with one attached hydrogen (secondary N) is 1. The predicted octanol–water partition coefficient (Wildman–Crippen LogP) is 3.11. The van der Waals surface area contributed by atoms with E-state index in [4.69, 9.17) is 0 Å². The lowest BCUT2D eigenvalue weighted by atomic mass is 9.90. The number of likely N-dealkylation sites (tertiary alicyclic amines) is 1. The Kier molecular flexibility index (Phi) is 6.69. The highest BCUT2D eigenvalue weighted by Crippen LogP contribution is 2.21. The van der Waals surface area contributed by atoms with Crippen molar-refractivity contribution in [3.8, 4) is 0 Å². The first-order valence-electron chi connectivity index (χ1n) is 9.73. The minimum Gasteiger partial charge on any atom is -0.356 e. The minimum absolute atomic E-state index is 0.787. The largest absolute Gasteiger partial charge is 0.356 e. The van der Waals surface area contributed by atoms with Crippen LogP contribution in [0.3, 0.4) is 0 Å². The lowest BCUT2D eigenvalue weighted by Crippen LogP contribution is -2.46. The Morgan fingerprint density at radius 1 is 1.23 bits per heavy atom. The fourth-order valence-electron chi connectivity index (χ4n) is 3.66. The third kappa shape index (κ3) is 5.35. The minimum atomic E-state index is 0.787. The molecule has 0 aliphatic carbocycles. The van der Waals surface area contributed by atoms with Crippen LogP contribution in [0.4, 0.5) is 0 Å². The fraction of sp³-hybridized carbons (Fsp3) is 0.524. The molecule has 0 bridgehead atoms. The summed E-state index contributed by atoms with van der Waals surface area (Å²) < 4.78 is 2.01. The van der Waals surface area contributed by atoms with E-state index in [1.807, 2.05) is 17.9 Å². The first-order chi connectivity index (χ1) is 12.7. The third-order valence-electron chi connectivity index (χ3n) is 5.10. The number of nitrogens with zero attached hydrogens (tertiary/aromatic N) is 4. The fourth-order valence-corrected chi connectivity index (χ4v) is 3.66. The molecule has 3 rings (SSSR count). The SMILES string of the molecule is CN=C(NCCCn1cc(C)cn1)N1CCC(Cc2ccccc2)CC1. The van der Waals surface area contributed by atoms with Crippen LogP contribution in [0, 0.1) is 12.8 Å². The second-order valence-electron chi connectivity index (χ2n) is 7.23. The van der Waals surface area contributed by atoms with Crippen LogP contribution in [0.25, 0.3) is 0 Å². The van der Waals surface area contributed by atoms with Gasteiger partial charge >= 0.3 is 0 Å². The number of aromatic nitrogens is 2. The average molecular weight is 354 g/mol. The lowest BCUT2D eigenvalue weighted by Gasteiger charge is -2.34. The van der Waals surface area contributed by atoms with E-state index in [1.54, 1.807) is 0 Å². The van der Waals surface area contributed by atoms with Gasteiger partial charge in [-0.3, -0.25) is 9.67 Å². The summed E-state index contributed by atoms with van der Waals surface area (Å²) in [5, 5.41) is 7.85. The molecule has 1 aliphatic heterocycles. The number of rotatable bonds is 6. The van der Waals surface area contributed by atoms with Crippen LogP contribution in [0.15, 0.2) is 47.7 Å². The highest BCUT2D eigenvalue weighted by Gasteiger charge is 2.21. The Bertz CT molecular complexity index is 683. The van der Waals surface area contributed by atoms with Crippen LogP contribution in [0.5, 0.6) is 0 Å². The molecule has 0 saturated carbocycles. The normalized spacial score (nSPS) is 16.1. The van der Waals surface area contributed by atoms with Crippen molar-refractivity contribution in [1.29, 1.82) is 0 Å². The van der Waals surface area contributed by atoms with Gasteiger partial charge in [-0.1, -0.05) is 30.3 Å². The Hall–Kier alpha value is -2.30. The Morgan fingerprint density at radius 2 is 2.00 bits per heavy atom. The van der Waals surface area contributed by atoms with Gasteiger partial charge < -0.3 is 10.2 Å². The van der Waals surface area contributed by atoms with E-state index in [0.717, 1.165) is 44.5 Å². The van der Waals surface area contributed by atoms with Crippen molar-refractivity contribution in [3.63, 3.8) is 0 Å². The van der Waals surface area contributed by atoms with E-state index in [1.165, 1.54) is 30.4 Å². The average Bonchev–Trinajstić information content (AvgIpc) is 3.09. The molecule has 0 radical (unpaired) electrons. The maximum atomic E-state index is 4.48. The molecule has 2 heterocycles. The molecule has 2 aromatic rings. The molecule has 1 aliphatic rings. The van der Waals surface area contributed by atoms with Gasteiger partial charge in [-0.25, -0.2) is 0 Å². The summed E-state index contributed by atoms with van der Waals surface area (Å²) >= 11 is 0. The molecule has 0 spiro atoms. The van der Waals surface area contributed by atoms with Crippen LogP contribution < -0.4 is 5.32 Å². The summed E-state index contributed by atoms with van der Waals surface area (Å²) in [5.41, 5.74) is 2.68. The second kappa shape index (κ2) is 9.41. The second-order valence-corrected chi connectivity index (χ2v) is 7.23. The van der Waals surface area contributed by atoms with Crippen molar-refractivity contribution in [2.24, 2.45) is 10.9 Å². The van der Waals surface area contributed by atoms with Crippen LogP contribution >= 0.6 is 0 Å². The standard InChI is InChI=1S/C21H31N5/c1-18-16-24-26(17-18)12-6-11-23-21(22-2)25-13-9-20(10-14-25)15-19-7-4-3-5-8-19/h3-5,7-8,16-17,20H,6,9-15H2,1-2H3,(H,22,23). The van der Waals surface area contributed by atoms with Gasteiger partial charge in [0.1, 0.15) is 0 Å². The molecule has 1 fully saturated rings. The molecule has 1 saturated heterocycles. The lowest BCUT2D eigenvalue weighted by molar-refractivity contribution is 0.259. The molecule has 1 aromatic heterocycles. The molecule has 0 unspecified atom stereocenters. The maximum Gasteiger partial charge on any atom is 0.193 e. The van der Waals surface area contributed by atoms with Gasteiger partial charge in [-0.2, -0.15) is 5.10 Å². The number of benzene rings is 1. The first kappa shape index (κ1) is 18.5. The molecular weight excluding hydrogens is 322 g/mol. The predicted molar refractivity (Wildman–Crippen MR) is 107 cm³/mol. The maximum absolute atomic E-state index is 4.48. The van der Waals surface area contributed by atoms with Crippen molar-refractivity contribution in [1.82, 2.24) is 20.0 Å². The summed E-state index contributed by atoms with van der Waals surface area (Å²) in [6.07, 6.45) is 8.72. The summed E-state index contributed by atoms with van der Waals surface area (Å²) in [4.78, 5) is 6.88. The zero-order chi connectivity index (χ0) is 18.2. The highest BCUT2D eigenvalue weighted by atomic mass is 15.3. The first-order valence-corrected chi connectivity index (χ1v) is 9.73. The van der Waals surface area contributed by atoms with E-state index in [-0.39, 0.29) is 0 Å². The van der Waals surface area contributed by atoms with E-state index in [0.29, 0.717) is 0 Å². The molecular formula is C21H31N5. The van der Waals surface area contributed by atoms with Crippen molar-refractivity contribution >= 4 is 5.96 Å². The molecule has 5 nitrogen and oxygen atoms in total. The topological polar surface area (TPSA) is 45.5 Å². The molecule has 26 heavy (non-hydrogen) atoms. The summed E-state index contributed by atoms with van der Waals surface area (Å²) in [6, 6.07) is 10.9. The number of aliphatic imine (C=N–C) groups is 1. The molecule has 1 N–H and O–H groups in total. The smallest absolute Gasteiger partial charge is 0.193 e. The monoisotopic (exact) mass is 353 g/mol. The number of hydrogen-bond acceptors (Lipinski definition) is 2. The van der Waals surface area contributed by atoms with Crippen LogP contribution in [0.2, 0.25) is 0 Å². The van der Waals surface area contributed by atoms with Gasteiger partial charge in [0.25, 0.3) is 0 Å². The molecule has 5 heteroatoms. The summed E-state index contributed by atoms with van der Waals surface area (Å²) in [5.74, 6) is 1.83. The van der Waals surface area contributed by atoms with E-state index in [2.05, 4.69) is 63.8 Å². The number of piperidine rings is 1. The zero-order valence-electron chi connectivity index (χ0n) is 16.1. The highest BCUT2D eigenvalue weighted by molar-refractivity contribution is 5.79. The molecule has 0 atom stereocenters. The zero-order valence-corrected chi connectivity index (χ0v) is 16.1. The quantitative estimate of drug-likeness (QED) is 0.493. The Morgan fingerprint density at radius 3 is 2.65 bits per heavy atom. The Balaban J connectivity index is 1.38. The summed E-state index contributed by atoms with van der Waals surface area (Å²) in [7, 11) is 1.88. The van der Waals surface area contributed by atoms with Crippen molar-refractivity contribution in [2.45, 2.75) is 39.2 Å². The van der Waals surface area contributed by atoms with Crippen molar-refractivity contribution in [3.05, 3.63) is 53.9 Å². The van der Waals surface area contributed by atoms with Gasteiger partial charge in [0, 0.05) is 39.4 Å². The van der Waals surface area contributed by atoms with Crippen LogP contribution in [0.1, 0.15) is 30.4 Å². The third-order valence-corrected chi connectivity index (χ3v) is 5.10. The summed E-state index contributed by atoms with van der Waals surface area (Å²) in [6.45, 7) is 6.13. The van der Waals surface area contributed by atoms with Gasteiger partial charge in [0.05, 0.1) is 6.20 Å². The Labute approximate surface area is 157 Å². The van der Waals surface area contributed by atoms with E-state index < -0.39 is 0 Å². The van der Waals surface area contributed by atoms with Gasteiger partial charge in [0.15, 0.2) is 5.96 Å². The number of guanidine groups is 1. The van der Waals surface area contributed by atoms with Crippen LogP contribution in [-0.4, -0.2) is 47.3 Å². The van der Waals surface area contributed by atoms with Gasteiger partial charge in [-0.05, 0) is 49.7 Å². The van der Waals surface area contributed by atoms with Gasteiger partial charge in [-0.15, -0.1) is 0 Å². The molecule has 140 valence electrons. The molecule has 0 amide bonds. The van der Waals surface area contributed by atoms with Crippen molar-refractivity contribution in [2.75, 3.05) is 26.7 Å².